The molecule has 1 aliphatic rings. The van der Waals surface area contributed by atoms with Gasteiger partial charge < -0.3 is 9.72 Å². The van der Waals surface area contributed by atoms with Crippen molar-refractivity contribution in [2.75, 3.05) is 13.1 Å². The van der Waals surface area contributed by atoms with Gasteiger partial charge in [0.2, 0.25) is 10.0 Å². The summed E-state index contributed by atoms with van der Waals surface area (Å²) in [5.74, 6) is -0.387. The van der Waals surface area contributed by atoms with Gasteiger partial charge in [-0.2, -0.15) is 4.31 Å². The van der Waals surface area contributed by atoms with E-state index in [9.17, 15) is 18.0 Å². The minimum absolute atomic E-state index is 0.159. The highest BCUT2D eigenvalue weighted by atomic mass is 32.2. The number of carbonyl (C=O) groups is 1. The van der Waals surface area contributed by atoms with Crippen LogP contribution in [0.15, 0.2) is 52.2 Å². The van der Waals surface area contributed by atoms with Crippen LogP contribution < -0.4 is 5.56 Å². The second kappa shape index (κ2) is 9.22. The zero-order chi connectivity index (χ0) is 22.7. The van der Waals surface area contributed by atoms with Gasteiger partial charge in [0.05, 0.1) is 21.4 Å². The largest absolute Gasteiger partial charge is 0.454 e. The molecule has 1 saturated heterocycles. The number of H-pyrrole nitrogens is 1. The van der Waals surface area contributed by atoms with E-state index in [1.54, 1.807) is 12.1 Å². The SMILES string of the molecule is Cc1cccc2c(=O)[nH]c(COC(=O)c3ccc(S(=O)(=O)N4CCCCCC4)cc3)nc12. The monoisotopic (exact) mass is 455 g/mol. The lowest BCUT2D eigenvalue weighted by atomic mass is 10.1. The van der Waals surface area contributed by atoms with Gasteiger partial charge in [-0.05, 0) is 55.7 Å². The molecule has 0 amide bonds. The molecule has 8 nitrogen and oxygen atoms in total. The molecule has 9 heteroatoms. The average molecular weight is 456 g/mol. The molecule has 0 bridgehead atoms. The maximum absolute atomic E-state index is 12.9. The molecule has 0 atom stereocenters. The summed E-state index contributed by atoms with van der Waals surface area (Å²) in [6.07, 6.45) is 3.78. The average Bonchev–Trinajstić information content (AvgIpc) is 3.09. The number of benzene rings is 2. The maximum Gasteiger partial charge on any atom is 0.338 e. The minimum atomic E-state index is -3.58. The predicted octanol–water partition coefficient (Wildman–Crippen LogP) is 3.15. The van der Waals surface area contributed by atoms with Crippen molar-refractivity contribution >= 4 is 26.9 Å². The summed E-state index contributed by atoms with van der Waals surface area (Å²) >= 11 is 0. The summed E-state index contributed by atoms with van der Waals surface area (Å²) in [6, 6.07) is 11.1. The van der Waals surface area contributed by atoms with Gasteiger partial charge in [-0.3, -0.25) is 4.79 Å². The van der Waals surface area contributed by atoms with Gasteiger partial charge in [-0.15, -0.1) is 0 Å². The topological polar surface area (TPSA) is 109 Å². The highest BCUT2D eigenvalue weighted by molar-refractivity contribution is 7.89. The number of para-hydroxylation sites is 1. The van der Waals surface area contributed by atoms with Gasteiger partial charge in [0.15, 0.2) is 0 Å². The van der Waals surface area contributed by atoms with Crippen LogP contribution in [0.3, 0.4) is 0 Å². The first-order valence-corrected chi connectivity index (χ1v) is 12.1. The minimum Gasteiger partial charge on any atom is -0.454 e. The Labute approximate surface area is 186 Å². The van der Waals surface area contributed by atoms with Crippen molar-refractivity contribution in [1.82, 2.24) is 14.3 Å². The third-order valence-electron chi connectivity index (χ3n) is 5.62. The number of aromatic amines is 1. The van der Waals surface area contributed by atoms with Crippen LogP contribution in [0.1, 0.15) is 47.4 Å². The molecule has 0 aliphatic carbocycles. The van der Waals surface area contributed by atoms with Crippen molar-refractivity contribution in [2.24, 2.45) is 0 Å². The quantitative estimate of drug-likeness (QED) is 0.592. The summed E-state index contributed by atoms with van der Waals surface area (Å²) in [5.41, 5.74) is 1.33. The van der Waals surface area contributed by atoms with E-state index >= 15 is 0 Å². The molecular weight excluding hydrogens is 430 g/mol. The van der Waals surface area contributed by atoms with Crippen LogP contribution in [0.2, 0.25) is 0 Å². The zero-order valence-corrected chi connectivity index (χ0v) is 18.7. The molecule has 168 valence electrons. The van der Waals surface area contributed by atoms with Gasteiger partial charge >= 0.3 is 5.97 Å². The van der Waals surface area contributed by atoms with Crippen molar-refractivity contribution < 1.29 is 17.9 Å². The fraction of sp³-hybridized carbons (Fsp3) is 0.348. The Morgan fingerprint density at radius 3 is 2.44 bits per heavy atom. The standard InChI is InChI=1S/C23H25N3O5S/c1-16-7-6-8-19-21(16)24-20(25-22(19)27)15-31-23(28)17-9-11-18(12-10-17)32(29,30)26-13-4-2-3-5-14-26/h6-12H,2-5,13-15H2,1H3,(H,24,25,27). The van der Waals surface area contributed by atoms with Crippen molar-refractivity contribution in [2.45, 2.75) is 44.1 Å². The van der Waals surface area contributed by atoms with Gasteiger partial charge in [0, 0.05) is 13.1 Å². The third-order valence-corrected chi connectivity index (χ3v) is 7.53. The maximum atomic E-state index is 12.9. The van der Waals surface area contributed by atoms with E-state index in [4.69, 9.17) is 4.74 Å². The number of nitrogens with one attached hydrogen (secondary N) is 1. The molecule has 4 rings (SSSR count). The fourth-order valence-corrected chi connectivity index (χ4v) is 5.35. The summed E-state index contributed by atoms with van der Waals surface area (Å²) < 4.78 is 32.5. The molecule has 0 saturated carbocycles. The molecule has 0 unspecified atom stereocenters. The van der Waals surface area contributed by atoms with E-state index in [0.29, 0.717) is 24.0 Å². The number of ether oxygens (including phenoxy) is 1. The lowest BCUT2D eigenvalue weighted by Gasteiger charge is -2.20. The summed E-state index contributed by atoms with van der Waals surface area (Å²) in [7, 11) is -3.58. The molecule has 1 aliphatic heterocycles. The first kappa shape index (κ1) is 22.2. The smallest absolute Gasteiger partial charge is 0.338 e. The van der Waals surface area contributed by atoms with Crippen LogP contribution in [0.5, 0.6) is 0 Å². The second-order valence-corrected chi connectivity index (χ2v) is 9.84. The predicted molar refractivity (Wildman–Crippen MR) is 120 cm³/mol. The van der Waals surface area contributed by atoms with E-state index < -0.39 is 16.0 Å². The Morgan fingerprint density at radius 1 is 1.06 bits per heavy atom. The number of aryl methyl sites for hydroxylation is 1. The van der Waals surface area contributed by atoms with Crippen LogP contribution in [-0.2, 0) is 21.4 Å². The second-order valence-electron chi connectivity index (χ2n) is 7.90. The molecule has 32 heavy (non-hydrogen) atoms. The van der Waals surface area contributed by atoms with Crippen LogP contribution in [0.4, 0.5) is 0 Å². The van der Waals surface area contributed by atoms with E-state index in [-0.39, 0.29) is 28.4 Å². The number of fused-ring (bicyclic) bond motifs is 1. The van der Waals surface area contributed by atoms with Crippen LogP contribution >= 0.6 is 0 Å². The molecule has 2 heterocycles. The lowest BCUT2D eigenvalue weighted by molar-refractivity contribution is 0.0462. The van der Waals surface area contributed by atoms with Crippen molar-refractivity contribution in [3.05, 3.63) is 69.8 Å². The normalized spacial score (nSPS) is 15.4. The molecule has 2 aromatic carbocycles. The number of sulfonamides is 1. The Bertz CT molecular complexity index is 1290. The van der Waals surface area contributed by atoms with Crippen LogP contribution in [0, 0.1) is 6.92 Å². The first-order valence-electron chi connectivity index (χ1n) is 10.6. The van der Waals surface area contributed by atoms with Gasteiger partial charge in [0.1, 0.15) is 12.4 Å². The first-order chi connectivity index (χ1) is 15.4. The highest BCUT2D eigenvalue weighted by Gasteiger charge is 2.25. The number of rotatable bonds is 5. The number of aromatic nitrogens is 2. The fourth-order valence-electron chi connectivity index (χ4n) is 3.83. The third kappa shape index (κ3) is 4.58. The molecular formula is C23H25N3O5S. The number of esters is 1. The van der Waals surface area contributed by atoms with E-state index in [1.165, 1.54) is 28.6 Å². The Kier molecular flexibility index (Phi) is 6.38. The summed E-state index contributed by atoms with van der Waals surface area (Å²) in [5, 5.41) is 0.473. The van der Waals surface area contributed by atoms with Crippen LogP contribution in [-0.4, -0.2) is 41.7 Å². The van der Waals surface area contributed by atoms with Gasteiger partial charge in [0.25, 0.3) is 5.56 Å². The molecule has 0 radical (unpaired) electrons. The van der Waals surface area contributed by atoms with E-state index in [1.807, 2.05) is 13.0 Å². The molecule has 0 spiro atoms. The number of nitrogens with zero attached hydrogens (tertiary/aromatic N) is 2. The van der Waals surface area contributed by atoms with E-state index in [2.05, 4.69) is 9.97 Å². The van der Waals surface area contributed by atoms with Crippen LogP contribution in [0.25, 0.3) is 10.9 Å². The summed E-state index contributed by atoms with van der Waals surface area (Å²) in [6.45, 7) is 2.68. The highest BCUT2D eigenvalue weighted by Crippen LogP contribution is 2.21. The van der Waals surface area contributed by atoms with Crippen molar-refractivity contribution in [3.63, 3.8) is 0 Å². The summed E-state index contributed by atoms with van der Waals surface area (Å²) in [4.78, 5) is 31.9. The Morgan fingerprint density at radius 2 is 1.75 bits per heavy atom. The van der Waals surface area contributed by atoms with E-state index in [0.717, 1.165) is 31.2 Å². The molecule has 1 N–H and O–H groups in total. The molecule has 1 aromatic heterocycles. The number of carbonyl (C=O) groups excluding carboxylic acids is 1. The van der Waals surface area contributed by atoms with Crippen molar-refractivity contribution in [1.29, 1.82) is 0 Å². The zero-order valence-electron chi connectivity index (χ0n) is 17.8. The van der Waals surface area contributed by atoms with Gasteiger partial charge in [-0.1, -0.05) is 25.0 Å². The Balaban J connectivity index is 1.46. The molecule has 1 fully saturated rings. The number of hydrogen-bond donors (Lipinski definition) is 1. The lowest BCUT2D eigenvalue weighted by Crippen LogP contribution is -2.31. The Hall–Kier alpha value is -3.04. The number of hydrogen-bond acceptors (Lipinski definition) is 6. The van der Waals surface area contributed by atoms with Crippen molar-refractivity contribution in [3.8, 4) is 0 Å². The van der Waals surface area contributed by atoms with Gasteiger partial charge in [-0.25, -0.2) is 18.2 Å². The molecule has 3 aromatic rings.